The lowest BCUT2D eigenvalue weighted by atomic mass is 9.96. The van der Waals surface area contributed by atoms with Gasteiger partial charge in [-0.1, -0.05) is 48.5 Å². The van der Waals surface area contributed by atoms with Crippen molar-refractivity contribution in [2.75, 3.05) is 13.1 Å². The van der Waals surface area contributed by atoms with Gasteiger partial charge in [0.15, 0.2) is 0 Å². The molecule has 2 aromatic carbocycles. The van der Waals surface area contributed by atoms with Crippen molar-refractivity contribution < 1.29 is 0 Å². The van der Waals surface area contributed by atoms with Crippen molar-refractivity contribution in [3.63, 3.8) is 0 Å². The molecule has 0 spiro atoms. The van der Waals surface area contributed by atoms with Crippen LogP contribution in [-0.2, 0) is 0 Å². The molecule has 1 aliphatic carbocycles. The van der Waals surface area contributed by atoms with Crippen molar-refractivity contribution in [2.45, 2.75) is 24.9 Å². The van der Waals surface area contributed by atoms with Crippen LogP contribution in [0.4, 0.5) is 0 Å². The maximum absolute atomic E-state index is 3.90. The molecule has 2 heteroatoms. The minimum Gasteiger partial charge on any atom is -0.315 e. The smallest absolute Gasteiger partial charge is 0.0593 e. The van der Waals surface area contributed by atoms with Gasteiger partial charge < -0.3 is 5.32 Å². The summed E-state index contributed by atoms with van der Waals surface area (Å²) in [6.45, 7) is 4.49. The zero-order valence-electron chi connectivity index (χ0n) is 11.8. The number of hydrogen-bond acceptors (Lipinski definition) is 2. The van der Waals surface area contributed by atoms with Gasteiger partial charge >= 0.3 is 0 Å². The van der Waals surface area contributed by atoms with Crippen LogP contribution in [0.15, 0.2) is 48.5 Å². The van der Waals surface area contributed by atoms with Crippen LogP contribution in [0.2, 0.25) is 0 Å². The molecule has 0 aromatic heterocycles. The van der Waals surface area contributed by atoms with Crippen molar-refractivity contribution in [1.82, 2.24) is 10.6 Å². The van der Waals surface area contributed by atoms with Crippen LogP contribution < -0.4 is 10.6 Å². The molecule has 2 aromatic rings. The molecular weight excluding hydrogens is 244 g/mol. The van der Waals surface area contributed by atoms with E-state index in [1.165, 1.54) is 28.7 Å². The summed E-state index contributed by atoms with van der Waals surface area (Å²) in [5.74, 6) is 0. The summed E-state index contributed by atoms with van der Waals surface area (Å²) in [7, 11) is 0. The highest BCUT2D eigenvalue weighted by Gasteiger charge is 2.35. The Hall–Kier alpha value is -1.64. The second-order valence-electron chi connectivity index (χ2n) is 6.24. The average Bonchev–Trinajstić information content (AvgIpc) is 3.04. The molecule has 0 amide bonds. The SMILES string of the molecule is CC1(NC2c3ccccc3-c3ccccc32)CCNC1. The number of benzene rings is 2. The molecule has 20 heavy (non-hydrogen) atoms. The van der Waals surface area contributed by atoms with E-state index >= 15 is 0 Å². The fraction of sp³-hybridized carbons (Fsp3) is 0.333. The normalized spacial score (nSPS) is 24.6. The van der Waals surface area contributed by atoms with E-state index in [-0.39, 0.29) is 5.54 Å². The molecule has 0 saturated carbocycles. The topological polar surface area (TPSA) is 24.1 Å². The average molecular weight is 264 g/mol. The van der Waals surface area contributed by atoms with Gasteiger partial charge in [0.25, 0.3) is 0 Å². The highest BCUT2D eigenvalue weighted by Crippen LogP contribution is 2.44. The summed E-state index contributed by atoms with van der Waals surface area (Å²) in [4.78, 5) is 0. The fourth-order valence-corrected chi connectivity index (χ4v) is 3.60. The van der Waals surface area contributed by atoms with E-state index in [4.69, 9.17) is 0 Å². The fourth-order valence-electron chi connectivity index (χ4n) is 3.60. The Morgan fingerprint density at radius 1 is 1.00 bits per heavy atom. The second kappa shape index (κ2) is 4.44. The van der Waals surface area contributed by atoms with Crippen LogP contribution in [0.25, 0.3) is 11.1 Å². The van der Waals surface area contributed by atoms with E-state index in [2.05, 4.69) is 66.1 Å². The van der Waals surface area contributed by atoms with Gasteiger partial charge in [-0.05, 0) is 42.1 Å². The number of nitrogens with one attached hydrogen (secondary N) is 2. The second-order valence-corrected chi connectivity index (χ2v) is 6.24. The summed E-state index contributed by atoms with van der Waals surface area (Å²) >= 11 is 0. The van der Waals surface area contributed by atoms with E-state index in [1.807, 2.05) is 0 Å². The summed E-state index contributed by atoms with van der Waals surface area (Å²) < 4.78 is 0. The zero-order valence-corrected chi connectivity index (χ0v) is 11.8. The quantitative estimate of drug-likeness (QED) is 0.871. The van der Waals surface area contributed by atoms with Crippen molar-refractivity contribution in [2.24, 2.45) is 0 Å². The molecule has 1 heterocycles. The van der Waals surface area contributed by atoms with Gasteiger partial charge in [-0.25, -0.2) is 0 Å². The lowest BCUT2D eigenvalue weighted by molar-refractivity contribution is 0.361. The molecule has 1 atom stereocenters. The maximum atomic E-state index is 3.90. The van der Waals surface area contributed by atoms with Crippen molar-refractivity contribution >= 4 is 0 Å². The van der Waals surface area contributed by atoms with Crippen molar-refractivity contribution in [3.8, 4) is 11.1 Å². The molecule has 1 saturated heterocycles. The zero-order chi connectivity index (χ0) is 13.6. The Morgan fingerprint density at radius 3 is 2.15 bits per heavy atom. The van der Waals surface area contributed by atoms with Gasteiger partial charge in [0.2, 0.25) is 0 Å². The first-order valence-corrected chi connectivity index (χ1v) is 7.43. The highest BCUT2D eigenvalue weighted by molar-refractivity contribution is 5.78. The van der Waals surface area contributed by atoms with Crippen LogP contribution in [0.5, 0.6) is 0 Å². The predicted octanol–water partition coefficient (Wildman–Crippen LogP) is 3.10. The molecule has 1 aliphatic heterocycles. The summed E-state index contributed by atoms with van der Waals surface area (Å²) in [5, 5.41) is 7.38. The van der Waals surface area contributed by atoms with E-state index in [9.17, 15) is 0 Å². The maximum Gasteiger partial charge on any atom is 0.0593 e. The first-order valence-electron chi connectivity index (χ1n) is 7.43. The first kappa shape index (κ1) is 12.1. The number of fused-ring (bicyclic) bond motifs is 3. The van der Waals surface area contributed by atoms with Crippen LogP contribution in [-0.4, -0.2) is 18.6 Å². The highest BCUT2D eigenvalue weighted by atomic mass is 15.1. The third-order valence-electron chi connectivity index (χ3n) is 4.70. The Balaban J connectivity index is 1.79. The lowest BCUT2D eigenvalue weighted by Crippen LogP contribution is -2.45. The van der Waals surface area contributed by atoms with Crippen molar-refractivity contribution in [3.05, 3.63) is 59.7 Å². The largest absolute Gasteiger partial charge is 0.315 e. The van der Waals surface area contributed by atoms with Crippen LogP contribution in [0.3, 0.4) is 0 Å². The van der Waals surface area contributed by atoms with Crippen LogP contribution in [0.1, 0.15) is 30.5 Å². The van der Waals surface area contributed by atoms with Gasteiger partial charge in [0.05, 0.1) is 6.04 Å². The van der Waals surface area contributed by atoms with Crippen LogP contribution >= 0.6 is 0 Å². The predicted molar refractivity (Wildman–Crippen MR) is 82.7 cm³/mol. The molecule has 1 unspecified atom stereocenters. The van der Waals surface area contributed by atoms with E-state index in [0.29, 0.717) is 6.04 Å². The number of hydrogen-bond donors (Lipinski definition) is 2. The third kappa shape index (κ3) is 1.80. The monoisotopic (exact) mass is 264 g/mol. The molecule has 1 fully saturated rings. The molecule has 0 radical (unpaired) electrons. The van der Waals surface area contributed by atoms with Gasteiger partial charge in [-0.15, -0.1) is 0 Å². The number of rotatable bonds is 2. The Kier molecular flexibility index (Phi) is 2.69. The standard InChI is InChI=1S/C18H20N2/c1-18(10-11-19-12-18)20-17-15-8-4-2-6-13(15)14-7-3-5-9-16(14)17/h2-9,17,19-20H,10-12H2,1H3. The molecule has 4 rings (SSSR count). The molecule has 2 aliphatic rings. The third-order valence-corrected chi connectivity index (χ3v) is 4.70. The van der Waals surface area contributed by atoms with E-state index in [0.717, 1.165) is 13.1 Å². The van der Waals surface area contributed by atoms with E-state index in [1.54, 1.807) is 0 Å². The van der Waals surface area contributed by atoms with Crippen LogP contribution in [0, 0.1) is 0 Å². The molecule has 102 valence electrons. The van der Waals surface area contributed by atoms with Crippen molar-refractivity contribution in [1.29, 1.82) is 0 Å². The minimum absolute atomic E-state index is 0.190. The van der Waals surface area contributed by atoms with Gasteiger partial charge in [-0.3, -0.25) is 5.32 Å². The Labute approximate surface area is 120 Å². The Morgan fingerprint density at radius 2 is 1.60 bits per heavy atom. The first-order chi connectivity index (χ1) is 9.77. The molecular formula is C18H20N2. The summed E-state index contributed by atoms with van der Waals surface area (Å²) in [6, 6.07) is 17.9. The van der Waals surface area contributed by atoms with Gasteiger partial charge in [-0.2, -0.15) is 0 Å². The minimum atomic E-state index is 0.190. The van der Waals surface area contributed by atoms with E-state index < -0.39 is 0 Å². The summed E-state index contributed by atoms with van der Waals surface area (Å²) in [5.41, 5.74) is 5.80. The lowest BCUT2D eigenvalue weighted by Gasteiger charge is -2.30. The molecule has 2 nitrogen and oxygen atoms in total. The molecule has 2 N–H and O–H groups in total. The van der Waals surface area contributed by atoms with Gasteiger partial charge in [0, 0.05) is 12.1 Å². The molecule has 0 bridgehead atoms. The summed E-state index contributed by atoms with van der Waals surface area (Å²) in [6.07, 6.45) is 1.19. The Bertz CT molecular complexity index is 596. The van der Waals surface area contributed by atoms with Gasteiger partial charge in [0.1, 0.15) is 0 Å².